The van der Waals surface area contributed by atoms with Crippen LogP contribution in [0.15, 0.2) is 24.3 Å². The first kappa shape index (κ1) is 18.0. The third-order valence-electron chi connectivity index (χ3n) is 5.24. The third-order valence-corrected chi connectivity index (χ3v) is 5.24. The molecule has 0 bridgehead atoms. The maximum atomic E-state index is 13.1. The molecule has 1 amide bonds. The van der Waals surface area contributed by atoms with Crippen LogP contribution < -0.4 is 5.32 Å². The van der Waals surface area contributed by atoms with E-state index in [-0.39, 0.29) is 24.4 Å². The van der Waals surface area contributed by atoms with Gasteiger partial charge < -0.3 is 10.2 Å². The van der Waals surface area contributed by atoms with Crippen LogP contribution >= 0.6 is 12.4 Å². The largest absolute Gasteiger partial charge is 0.334 e. The summed E-state index contributed by atoms with van der Waals surface area (Å²) in [5, 5.41) is 10.7. The highest BCUT2D eigenvalue weighted by Gasteiger charge is 2.33. The zero-order valence-corrected chi connectivity index (χ0v) is 15.4. The molecule has 3 heterocycles. The Morgan fingerprint density at radius 2 is 2.12 bits per heavy atom. The summed E-state index contributed by atoms with van der Waals surface area (Å²) < 4.78 is 0. The Bertz CT molecular complexity index is 740. The molecule has 1 atom stereocenters. The minimum Gasteiger partial charge on any atom is -0.334 e. The number of aryl methyl sites for hydroxylation is 1. The molecule has 1 unspecified atom stereocenters. The number of H-pyrrole nitrogens is 1. The highest BCUT2D eigenvalue weighted by molar-refractivity contribution is 5.94. The molecular formula is C19H25ClN4O. The number of nitrogens with one attached hydrogen (secondary N) is 2. The SMILES string of the molecule is Cc1ccc(CC2CCCN2C(=O)c2n[nH]c3c2CNCC3)cc1.Cl. The highest BCUT2D eigenvalue weighted by Crippen LogP contribution is 2.25. The number of aromatic nitrogens is 2. The Hall–Kier alpha value is -1.85. The molecule has 25 heavy (non-hydrogen) atoms. The lowest BCUT2D eigenvalue weighted by Gasteiger charge is -2.25. The Labute approximate surface area is 154 Å². The number of halogens is 1. The van der Waals surface area contributed by atoms with Crippen LogP contribution in [0.3, 0.4) is 0 Å². The van der Waals surface area contributed by atoms with Gasteiger partial charge >= 0.3 is 0 Å². The fraction of sp³-hybridized carbons (Fsp3) is 0.474. The fourth-order valence-corrected chi connectivity index (χ4v) is 3.85. The van der Waals surface area contributed by atoms with Crippen molar-refractivity contribution in [1.82, 2.24) is 20.4 Å². The molecule has 0 saturated carbocycles. The average Bonchev–Trinajstić information content (AvgIpc) is 3.23. The van der Waals surface area contributed by atoms with Crippen LogP contribution in [-0.2, 0) is 19.4 Å². The molecule has 1 fully saturated rings. The monoisotopic (exact) mass is 360 g/mol. The van der Waals surface area contributed by atoms with Gasteiger partial charge in [-0.05, 0) is 31.7 Å². The molecule has 2 aromatic rings. The van der Waals surface area contributed by atoms with Crippen molar-refractivity contribution < 1.29 is 4.79 Å². The summed E-state index contributed by atoms with van der Waals surface area (Å²) >= 11 is 0. The van der Waals surface area contributed by atoms with Crippen molar-refractivity contribution in [3.8, 4) is 0 Å². The van der Waals surface area contributed by atoms with Gasteiger partial charge in [0.15, 0.2) is 5.69 Å². The first-order valence-corrected chi connectivity index (χ1v) is 8.86. The molecule has 1 aromatic heterocycles. The van der Waals surface area contributed by atoms with Crippen LogP contribution in [0, 0.1) is 6.92 Å². The van der Waals surface area contributed by atoms with E-state index in [0.29, 0.717) is 5.69 Å². The van der Waals surface area contributed by atoms with Crippen LogP contribution in [0.4, 0.5) is 0 Å². The number of fused-ring (bicyclic) bond motifs is 1. The molecule has 1 aromatic carbocycles. The number of nitrogens with zero attached hydrogens (tertiary/aromatic N) is 2. The molecule has 6 heteroatoms. The zero-order chi connectivity index (χ0) is 16.5. The number of likely N-dealkylation sites (tertiary alicyclic amines) is 1. The molecule has 2 aliphatic heterocycles. The van der Waals surface area contributed by atoms with Crippen LogP contribution in [0.25, 0.3) is 0 Å². The van der Waals surface area contributed by atoms with E-state index in [1.165, 1.54) is 11.1 Å². The lowest BCUT2D eigenvalue weighted by atomic mass is 10.0. The quantitative estimate of drug-likeness (QED) is 0.884. The lowest BCUT2D eigenvalue weighted by molar-refractivity contribution is 0.0729. The second-order valence-corrected chi connectivity index (χ2v) is 6.94. The molecule has 2 aliphatic rings. The number of benzene rings is 1. The molecule has 1 saturated heterocycles. The Balaban J connectivity index is 0.00000182. The summed E-state index contributed by atoms with van der Waals surface area (Å²) in [5.41, 5.74) is 5.37. The summed E-state index contributed by atoms with van der Waals surface area (Å²) in [6, 6.07) is 8.93. The summed E-state index contributed by atoms with van der Waals surface area (Å²) in [6.07, 6.45) is 4.00. The van der Waals surface area contributed by atoms with Gasteiger partial charge in [0, 0.05) is 43.4 Å². The summed E-state index contributed by atoms with van der Waals surface area (Å²) in [5.74, 6) is 0.0887. The van der Waals surface area contributed by atoms with E-state index < -0.39 is 0 Å². The molecule has 5 nitrogen and oxygen atoms in total. The first-order valence-electron chi connectivity index (χ1n) is 8.86. The summed E-state index contributed by atoms with van der Waals surface area (Å²) in [4.78, 5) is 15.1. The van der Waals surface area contributed by atoms with Crippen LogP contribution in [0.2, 0.25) is 0 Å². The van der Waals surface area contributed by atoms with E-state index in [1.54, 1.807) is 0 Å². The van der Waals surface area contributed by atoms with Gasteiger partial charge in [-0.3, -0.25) is 9.89 Å². The normalized spacial score (nSPS) is 19.4. The van der Waals surface area contributed by atoms with Gasteiger partial charge in [-0.25, -0.2) is 0 Å². The molecule has 0 radical (unpaired) electrons. The van der Waals surface area contributed by atoms with Gasteiger partial charge in [-0.2, -0.15) is 5.10 Å². The van der Waals surface area contributed by atoms with E-state index in [0.717, 1.165) is 56.6 Å². The number of aromatic amines is 1. The first-order chi connectivity index (χ1) is 11.7. The van der Waals surface area contributed by atoms with Gasteiger partial charge in [-0.15, -0.1) is 12.4 Å². The van der Waals surface area contributed by atoms with Gasteiger partial charge in [0.1, 0.15) is 0 Å². The van der Waals surface area contributed by atoms with Crippen molar-refractivity contribution in [3.63, 3.8) is 0 Å². The molecule has 134 valence electrons. The highest BCUT2D eigenvalue weighted by atomic mass is 35.5. The van der Waals surface area contributed by atoms with Crippen molar-refractivity contribution in [1.29, 1.82) is 0 Å². The number of amides is 1. The Morgan fingerprint density at radius 3 is 2.92 bits per heavy atom. The molecule has 4 rings (SSSR count). The third kappa shape index (κ3) is 3.58. The summed E-state index contributed by atoms with van der Waals surface area (Å²) in [7, 11) is 0. The average molecular weight is 361 g/mol. The van der Waals surface area contributed by atoms with Crippen LogP contribution in [0.1, 0.15) is 45.7 Å². The van der Waals surface area contributed by atoms with Gasteiger partial charge in [0.2, 0.25) is 0 Å². The van der Waals surface area contributed by atoms with Crippen molar-refractivity contribution in [2.45, 2.75) is 45.2 Å². The van der Waals surface area contributed by atoms with Crippen LogP contribution in [0.5, 0.6) is 0 Å². The smallest absolute Gasteiger partial charge is 0.274 e. The fourth-order valence-electron chi connectivity index (χ4n) is 3.85. The van der Waals surface area contributed by atoms with Crippen molar-refractivity contribution in [2.75, 3.05) is 13.1 Å². The standard InChI is InChI=1S/C19H24N4O.ClH/c1-13-4-6-14(7-5-13)11-15-3-2-10-23(15)19(24)18-16-12-20-9-8-17(16)21-22-18;/h4-7,15,20H,2-3,8-12H2,1H3,(H,21,22);1H. The van der Waals surface area contributed by atoms with Crippen molar-refractivity contribution in [2.24, 2.45) is 0 Å². The molecule has 0 spiro atoms. The Kier molecular flexibility index (Phi) is 5.45. The predicted molar refractivity (Wildman–Crippen MR) is 100 cm³/mol. The number of hydrogen-bond donors (Lipinski definition) is 2. The topological polar surface area (TPSA) is 61.0 Å². The number of hydrogen-bond acceptors (Lipinski definition) is 3. The second-order valence-electron chi connectivity index (χ2n) is 6.94. The molecule has 2 N–H and O–H groups in total. The maximum Gasteiger partial charge on any atom is 0.274 e. The van der Waals surface area contributed by atoms with Gasteiger partial charge in [0.05, 0.1) is 0 Å². The van der Waals surface area contributed by atoms with Crippen LogP contribution in [-0.4, -0.2) is 40.1 Å². The van der Waals surface area contributed by atoms with E-state index in [1.807, 2.05) is 4.90 Å². The van der Waals surface area contributed by atoms with E-state index in [9.17, 15) is 4.79 Å². The predicted octanol–water partition coefficient (Wildman–Crippen LogP) is 2.63. The van der Waals surface area contributed by atoms with Gasteiger partial charge in [-0.1, -0.05) is 29.8 Å². The zero-order valence-electron chi connectivity index (χ0n) is 14.5. The second kappa shape index (κ2) is 7.58. The number of rotatable bonds is 3. The van der Waals surface area contributed by atoms with Gasteiger partial charge in [0.25, 0.3) is 5.91 Å². The maximum absolute atomic E-state index is 13.1. The van der Waals surface area contributed by atoms with E-state index in [2.05, 4.69) is 46.7 Å². The Morgan fingerprint density at radius 1 is 1.32 bits per heavy atom. The lowest BCUT2D eigenvalue weighted by Crippen LogP contribution is -2.38. The summed E-state index contributed by atoms with van der Waals surface area (Å²) in [6.45, 7) is 4.63. The van der Waals surface area contributed by atoms with Crippen molar-refractivity contribution in [3.05, 3.63) is 52.3 Å². The molecule has 0 aliphatic carbocycles. The minimum atomic E-state index is 0. The number of carbonyl (C=O) groups is 1. The molecular weight excluding hydrogens is 336 g/mol. The number of carbonyl (C=O) groups excluding carboxylic acids is 1. The van der Waals surface area contributed by atoms with E-state index >= 15 is 0 Å². The minimum absolute atomic E-state index is 0. The van der Waals surface area contributed by atoms with E-state index in [4.69, 9.17) is 0 Å². The van der Waals surface area contributed by atoms with Crippen molar-refractivity contribution >= 4 is 18.3 Å².